The highest BCUT2D eigenvalue weighted by molar-refractivity contribution is 5.95. The Morgan fingerprint density at radius 3 is 2.73 bits per heavy atom. The quantitative estimate of drug-likeness (QED) is 0.475. The van der Waals surface area contributed by atoms with Crippen LogP contribution in [0.25, 0.3) is 10.8 Å². The highest BCUT2D eigenvalue weighted by atomic mass is 19.1. The zero-order chi connectivity index (χ0) is 23.1. The lowest BCUT2D eigenvalue weighted by Gasteiger charge is -2.17. The number of nitrogens with two attached hydrogens (primary N) is 1. The summed E-state index contributed by atoms with van der Waals surface area (Å²) in [5.41, 5.74) is 2.89. The summed E-state index contributed by atoms with van der Waals surface area (Å²) < 4.78 is 16.6. The van der Waals surface area contributed by atoms with Crippen LogP contribution in [-0.4, -0.2) is 30.5 Å². The molecular weight excluding hydrogens is 423 g/mol. The molecule has 1 aliphatic rings. The fourth-order valence-electron chi connectivity index (χ4n) is 4.37. The van der Waals surface area contributed by atoms with Crippen molar-refractivity contribution in [2.45, 2.75) is 39.4 Å². The molecule has 0 unspecified atom stereocenters. The Kier molecular flexibility index (Phi) is 5.16. The Morgan fingerprint density at radius 2 is 1.94 bits per heavy atom. The fourth-order valence-corrected chi connectivity index (χ4v) is 4.37. The van der Waals surface area contributed by atoms with E-state index < -0.39 is 5.82 Å². The monoisotopic (exact) mass is 446 g/mol. The van der Waals surface area contributed by atoms with Gasteiger partial charge in [-0.2, -0.15) is 10.2 Å². The number of halogens is 1. The van der Waals surface area contributed by atoms with Gasteiger partial charge >= 0.3 is 0 Å². The van der Waals surface area contributed by atoms with Crippen molar-refractivity contribution in [1.29, 1.82) is 0 Å². The minimum atomic E-state index is -0.573. The first-order valence-corrected chi connectivity index (χ1v) is 10.8. The Hall–Kier alpha value is -4.01. The van der Waals surface area contributed by atoms with Crippen molar-refractivity contribution in [3.63, 3.8) is 0 Å². The van der Waals surface area contributed by atoms with E-state index in [2.05, 4.69) is 17.1 Å². The molecule has 8 nitrogen and oxygen atoms in total. The van der Waals surface area contributed by atoms with Crippen molar-refractivity contribution in [3.8, 4) is 0 Å². The molecular formula is C24H23FN6O2. The SMILES string of the molecule is CCCn1ncc2c1CN(C(=O)c1cc(Cc3nn(N)c(=O)c4ccccc34)ccc1F)C2. The standard InChI is InChI=1S/C24H23FN6O2/c1-2-9-30-22-14-29(13-16(22)12-27-30)23(32)19-10-15(7-8-20(19)25)11-21-17-5-3-4-6-18(17)24(33)31(26)28-21/h3-8,10,12H,2,9,11,13-14,26H2,1H3. The van der Waals surface area contributed by atoms with Crippen LogP contribution in [0.1, 0.15) is 46.2 Å². The topological polar surface area (TPSA) is 99.0 Å². The summed E-state index contributed by atoms with van der Waals surface area (Å²) in [6.07, 6.45) is 3.02. The molecule has 1 aliphatic heterocycles. The van der Waals surface area contributed by atoms with Crippen LogP contribution in [0.15, 0.2) is 53.5 Å². The second-order valence-electron chi connectivity index (χ2n) is 8.23. The van der Waals surface area contributed by atoms with Gasteiger partial charge in [0.2, 0.25) is 0 Å². The summed E-state index contributed by atoms with van der Waals surface area (Å²) in [5.74, 6) is 4.82. The molecule has 3 heterocycles. The van der Waals surface area contributed by atoms with E-state index in [0.29, 0.717) is 41.5 Å². The van der Waals surface area contributed by atoms with Gasteiger partial charge in [-0.05, 0) is 30.2 Å². The normalized spacial score (nSPS) is 13.0. The summed E-state index contributed by atoms with van der Waals surface area (Å²) in [6, 6.07) is 11.5. The molecule has 0 radical (unpaired) electrons. The summed E-state index contributed by atoms with van der Waals surface area (Å²) in [7, 11) is 0. The number of amides is 1. The van der Waals surface area contributed by atoms with Crippen molar-refractivity contribution in [2.24, 2.45) is 0 Å². The van der Waals surface area contributed by atoms with Gasteiger partial charge in [-0.15, -0.1) is 4.79 Å². The van der Waals surface area contributed by atoms with Crippen LogP contribution in [0.3, 0.4) is 0 Å². The molecule has 0 spiro atoms. The van der Waals surface area contributed by atoms with Gasteiger partial charge in [0.15, 0.2) is 0 Å². The number of carbonyl (C=O) groups excluding carboxylic acids is 1. The summed E-state index contributed by atoms with van der Waals surface area (Å²) in [6.45, 7) is 3.67. The van der Waals surface area contributed by atoms with E-state index >= 15 is 0 Å². The number of nitrogen functional groups attached to an aromatic ring is 1. The Labute approximate surface area is 189 Å². The first-order chi connectivity index (χ1) is 16.0. The fraction of sp³-hybridized carbons (Fsp3) is 0.250. The molecule has 0 bridgehead atoms. The third kappa shape index (κ3) is 3.65. The number of fused-ring (bicyclic) bond motifs is 2. The highest BCUT2D eigenvalue weighted by Crippen LogP contribution is 2.26. The van der Waals surface area contributed by atoms with E-state index in [0.717, 1.165) is 29.0 Å². The average molecular weight is 446 g/mol. The first kappa shape index (κ1) is 20.9. The molecule has 0 aliphatic carbocycles. The van der Waals surface area contributed by atoms with E-state index in [9.17, 15) is 14.0 Å². The molecule has 2 aromatic heterocycles. The van der Waals surface area contributed by atoms with Gasteiger partial charge in [0, 0.05) is 30.5 Å². The third-order valence-electron chi connectivity index (χ3n) is 6.00. The largest absolute Gasteiger partial charge is 0.328 e. The van der Waals surface area contributed by atoms with E-state index in [1.165, 1.54) is 6.07 Å². The van der Waals surface area contributed by atoms with Crippen molar-refractivity contribution in [1.82, 2.24) is 24.6 Å². The van der Waals surface area contributed by atoms with Crippen LogP contribution in [0.4, 0.5) is 4.39 Å². The van der Waals surface area contributed by atoms with Crippen LogP contribution >= 0.6 is 0 Å². The number of carbonyl (C=O) groups is 1. The third-order valence-corrected chi connectivity index (χ3v) is 6.00. The van der Waals surface area contributed by atoms with Gasteiger partial charge in [-0.25, -0.2) is 4.39 Å². The Bertz CT molecular complexity index is 1440. The number of nitrogens with zero attached hydrogens (tertiary/aromatic N) is 5. The number of aromatic nitrogens is 4. The predicted molar refractivity (Wildman–Crippen MR) is 121 cm³/mol. The molecule has 4 aromatic rings. The zero-order valence-corrected chi connectivity index (χ0v) is 18.2. The van der Waals surface area contributed by atoms with Gasteiger partial charge in [0.05, 0.1) is 35.1 Å². The molecule has 9 heteroatoms. The van der Waals surface area contributed by atoms with E-state index in [-0.39, 0.29) is 17.0 Å². The lowest BCUT2D eigenvalue weighted by atomic mass is 10.0. The van der Waals surface area contributed by atoms with Crippen LogP contribution in [-0.2, 0) is 26.1 Å². The molecule has 33 heavy (non-hydrogen) atoms. The van der Waals surface area contributed by atoms with Crippen LogP contribution in [0.5, 0.6) is 0 Å². The summed E-state index contributed by atoms with van der Waals surface area (Å²) in [5, 5.41) is 9.71. The molecule has 2 aromatic carbocycles. The molecule has 0 fully saturated rings. The number of benzene rings is 2. The summed E-state index contributed by atoms with van der Waals surface area (Å²) >= 11 is 0. The second-order valence-corrected chi connectivity index (χ2v) is 8.23. The van der Waals surface area contributed by atoms with Crippen LogP contribution in [0.2, 0.25) is 0 Å². The van der Waals surface area contributed by atoms with Crippen LogP contribution in [0, 0.1) is 5.82 Å². The smallest absolute Gasteiger partial charge is 0.293 e. The summed E-state index contributed by atoms with van der Waals surface area (Å²) in [4.78, 5) is 27.9. The van der Waals surface area contributed by atoms with Crippen molar-refractivity contribution in [3.05, 3.63) is 92.9 Å². The van der Waals surface area contributed by atoms with E-state index in [4.69, 9.17) is 5.84 Å². The van der Waals surface area contributed by atoms with E-state index in [1.54, 1.807) is 41.4 Å². The molecule has 5 rings (SSSR count). The maximum absolute atomic E-state index is 14.7. The maximum atomic E-state index is 14.7. The number of hydrogen-bond donors (Lipinski definition) is 1. The average Bonchev–Trinajstić information content (AvgIpc) is 3.40. The lowest BCUT2D eigenvalue weighted by molar-refractivity contribution is 0.0743. The van der Waals surface area contributed by atoms with Gasteiger partial charge in [-0.3, -0.25) is 14.3 Å². The Balaban J connectivity index is 1.44. The molecule has 0 saturated heterocycles. The van der Waals surface area contributed by atoms with Gasteiger partial charge in [0.25, 0.3) is 11.5 Å². The molecule has 2 N–H and O–H groups in total. The minimum absolute atomic E-state index is 0.0121. The van der Waals surface area contributed by atoms with E-state index in [1.807, 2.05) is 10.7 Å². The number of rotatable bonds is 5. The lowest BCUT2D eigenvalue weighted by Crippen LogP contribution is -2.31. The van der Waals surface area contributed by atoms with Crippen molar-refractivity contribution in [2.75, 3.05) is 5.84 Å². The first-order valence-electron chi connectivity index (χ1n) is 10.8. The maximum Gasteiger partial charge on any atom is 0.293 e. The van der Waals surface area contributed by atoms with Crippen molar-refractivity contribution < 1.29 is 9.18 Å². The number of hydrogen-bond acceptors (Lipinski definition) is 5. The minimum Gasteiger partial charge on any atom is -0.328 e. The zero-order valence-electron chi connectivity index (χ0n) is 18.2. The second kappa shape index (κ2) is 8.16. The van der Waals surface area contributed by atoms with Crippen molar-refractivity contribution >= 4 is 16.7 Å². The molecule has 168 valence electrons. The molecule has 1 amide bonds. The highest BCUT2D eigenvalue weighted by Gasteiger charge is 2.29. The Morgan fingerprint density at radius 1 is 1.15 bits per heavy atom. The predicted octanol–water partition coefficient (Wildman–Crippen LogP) is 2.60. The number of aryl methyl sites for hydroxylation is 1. The van der Waals surface area contributed by atoms with Gasteiger partial charge in [-0.1, -0.05) is 31.2 Å². The van der Waals surface area contributed by atoms with Crippen LogP contribution < -0.4 is 11.4 Å². The molecule has 0 saturated carbocycles. The molecule has 0 atom stereocenters. The van der Waals surface area contributed by atoms with Gasteiger partial charge in [0.1, 0.15) is 5.82 Å². The van der Waals surface area contributed by atoms with Gasteiger partial charge < -0.3 is 10.7 Å².